The number of aromatic nitrogens is 2. The van der Waals surface area contributed by atoms with Crippen molar-refractivity contribution < 1.29 is 9.66 Å². The largest absolute Gasteiger partial charge is 0.377 e. The molecule has 0 fully saturated rings. The highest BCUT2D eigenvalue weighted by atomic mass is 16.6. The summed E-state index contributed by atoms with van der Waals surface area (Å²) in [6, 6.07) is 4.52. The SMILES string of the molecule is CC(C)OCCNc1ncnc2ccc([N+](=O)[O-])cc12. The highest BCUT2D eigenvalue weighted by molar-refractivity contribution is 5.90. The van der Waals surface area contributed by atoms with Crippen molar-refractivity contribution in [3.05, 3.63) is 34.6 Å². The molecule has 0 aliphatic heterocycles. The van der Waals surface area contributed by atoms with Crippen LogP contribution in [0.15, 0.2) is 24.5 Å². The topological polar surface area (TPSA) is 90.2 Å². The maximum absolute atomic E-state index is 10.8. The number of ether oxygens (including phenoxy) is 1. The van der Waals surface area contributed by atoms with E-state index in [0.29, 0.717) is 29.9 Å². The lowest BCUT2D eigenvalue weighted by Crippen LogP contribution is -2.14. The summed E-state index contributed by atoms with van der Waals surface area (Å²) in [6.45, 7) is 5.04. The van der Waals surface area contributed by atoms with E-state index in [0.717, 1.165) is 0 Å². The Morgan fingerprint density at radius 1 is 1.40 bits per heavy atom. The summed E-state index contributed by atoms with van der Waals surface area (Å²) in [5.74, 6) is 0.575. The number of benzene rings is 1. The lowest BCUT2D eigenvalue weighted by molar-refractivity contribution is -0.384. The highest BCUT2D eigenvalue weighted by Gasteiger charge is 2.10. The van der Waals surface area contributed by atoms with Crippen LogP contribution in [-0.4, -0.2) is 34.1 Å². The predicted octanol–water partition coefficient (Wildman–Crippen LogP) is 2.37. The summed E-state index contributed by atoms with van der Waals surface area (Å²) in [6.07, 6.45) is 1.60. The van der Waals surface area contributed by atoms with E-state index in [2.05, 4.69) is 15.3 Å². The Balaban J connectivity index is 2.19. The lowest BCUT2D eigenvalue weighted by Gasteiger charge is -2.10. The summed E-state index contributed by atoms with van der Waals surface area (Å²) in [5.41, 5.74) is 0.687. The molecule has 2 aromatic rings. The molecule has 0 saturated carbocycles. The van der Waals surface area contributed by atoms with Gasteiger partial charge in [0.2, 0.25) is 0 Å². The van der Waals surface area contributed by atoms with Crippen LogP contribution >= 0.6 is 0 Å². The molecule has 0 radical (unpaired) electrons. The van der Waals surface area contributed by atoms with Gasteiger partial charge < -0.3 is 10.1 Å². The molecular weight excluding hydrogens is 260 g/mol. The smallest absolute Gasteiger partial charge is 0.270 e. The molecule has 1 heterocycles. The molecule has 0 saturated heterocycles. The molecule has 0 aliphatic rings. The zero-order valence-corrected chi connectivity index (χ0v) is 11.4. The first-order valence-corrected chi connectivity index (χ1v) is 6.32. The Hall–Kier alpha value is -2.28. The molecule has 0 aliphatic carbocycles. The number of fused-ring (bicyclic) bond motifs is 1. The molecular formula is C13H16N4O3. The number of rotatable bonds is 6. The van der Waals surface area contributed by atoms with Crippen molar-refractivity contribution >= 4 is 22.4 Å². The quantitative estimate of drug-likeness (QED) is 0.495. The van der Waals surface area contributed by atoms with E-state index in [1.807, 2.05) is 13.8 Å². The highest BCUT2D eigenvalue weighted by Crippen LogP contribution is 2.23. The van der Waals surface area contributed by atoms with Crippen molar-refractivity contribution in [1.29, 1.82) is 0 Å². The van der Waals surface area contributed by atoms with Gasteiger partial charge in [-0.05, 0) is 19.9 Å². The van der Waals surface area contributed by atoms with Crippen LogP contribution in [0, 0.1) is 10.1 Å². The molecule has 106 valence electrons. The van der Waals surface area contributed by atoms with Gasteiger partial charge in [-0.2, -0.15) is 0 Å². The average Bonchev–Trinajstić information content (AvgIpc) is 2.42. The van der Waals surface area contributed by atoms with Crippen LogP contribution < -0.4 is 5.32 Å². The summed E-state index contributed by atoms with van der Waals surface area (Å²) in [7, 11) is 0. The third kappa shape index (κ3) is 3.39. The van der Waals surface area contributed by atoms with Gasteiger partial charge >= 0.3 is 0 Å². The molecule has 20 heavy (non-hydrogen) atoms. The monoisotopic (exact) mass is 276 g/mol. The zero-order chi connectivity index (χ0) is 14.5. The molecule has 7 nitrogen and oxygen atoms in total. The molecule has 0 spiro atoms. The Labute approximate surface area is 116 Å². The van der Waals surface area contributed by atoms with Gasteiger partial charge in [0.15, 0.2) is 0 Å². The normalized spacial score (nSPS) is 10.9. The first-order chi connectivity index (χ1) is 9.58. The second kappa shape index (κ2) is 6.25. The molecule has 0 atom stereocenters. The number of hydrogen-bond acceptors (Lipinski definition) is 6. The molecule has 0 unspecified atom stereocenters. The van der Waals surface area contributed by atoms with Gasteiger partial charge in [-0.3, -0.25) is 10.1 Å². The predicted molar refractivity (Wildman–Crippen MR) is 75.8 cm³/mol. The number of anilines is 1. The summed E-state index contributed by atoms with van der Waals surface area (Å²) >= 11 is 0. The molecule has 1 aromatic carbocycles. The van der Waals surface area contributed by atoms with Crippen molar-refractivity contribution in [3.63, 3.8) is 0 Å². The maximum atomic E-state index is 10.8. The number of nitro groups is 1. The first kappa shape index (κ1) is 14.1. The van der Waals surface area contributed by atoms with Crippen LogP contribution in [0.5, 0.6) is 0 Å². The minimum atomic E-state index is -0.432. The van der Waals surface area contributed by atoms with Crippen LogP contribution in [0.1, 0.15) is 13.8 Å². The zero-order valence-electron chi connectivity index (χ0n) is 11.4. The van der Waals surface area contributed by atoms with Crippen LogP contribution in [0.2, 0.25) is 0 Å². The fourth-order valence-electron chi connectivity index (χ4n) is 1.76. The minimum Gasteiger partial charge on any atom is -0.377 e. The van der Waals surface area contributed by atoms with Crippen LogP contribution in [0.3, 0.4) is 0 Å². The first-order valence-electron chi connectivity index (χ1n) is 6.32. The molecule has 7 heteroatoms. The Morgan fingerprint density at radius 3 is 2.90 bits per heavy atom. The van der Waals surface area contributed by atoms with Gasteiger partial charge in [0.05, 0.1) is 23.2 Å². The number of nitro benzene ring substituents is 1. The third-order valence-corrected chi connectivity index (χ3v) is 2.68. The fraction of sp³-hybridized carbons (Fsp3) is 0.385. The van der Waals surface area contributed by atoms with Crippen molar-refractivity contribution in [2.45, 2.75) is 20.0 Å². The lowest BCUT2D eigenvalue weighted by atomic mass is 10.2. The van der Waals surface area contributed by atoms with Gasteiger partial charge in [-0.25, -0.2) is 9.97 Å². The van der Waals surface area contributed by atoms with Crippen molar-refractivity contribution in [3.8, 4) is 0 Å². The molecule has 2 rings (SSSR count). The van der Waals surface area contributed by atoms with E-state index in [1.54, 1.807) is 6.07 Å². The van der Waals surface area contributed by atoms with Crippen molar-refractivity contribution in [2.75, 3.05) is 18.5 Å². The van der Waals surface area contributed by atoms with Gasteiger partial charge in [0.25, 0.3) is 5.69 Å². The second-order valence-corrected chi connectivity index (χ2v) is 4.53. The van der Waals surface area contributed by atoms with E-state index in [9.17, 15) is 10.1 Å². The third-order valence-electron chi connectivity index (χ3n) is 2.68. The number of non-ortho nitro benzene ring substituents is 1. The van der Waals surface area contributed by atoms with E-state index in [-0.39, 0.29) is 11.8 Å². The maximum Gasteiger partial charge on any atom is 0.270 e. The minimum absolute atomic E-state index is 0.0220. The average molecular weight is 276 g/mol. The molecule has 0 bridgehead atoms. The van der Waals surface area contributed by atoms with Gasteiger partial charge in [-0.1, -0.05) is 0 Å². The Kier molecular flexibility index (Phi) is 4.41. The summed E-state index contributed by atoms with van der Waals surface area (Å²) in [5, 5.41) is 14.6. The van der Waals surface area contributed by atoms with Gasteiger partial charge in [-0.15, -0.1) is 0 Å². The number of nitrogens with zero attached hydrogens (tertiary/aromatic N) is 3. The number of hydrogen-bond donors (Lipinski definition) is 1. The molecule has 1 N–H and O–H groups in total. The Morgan fingerprint density at radius 2 is 2.20 bits per heavy atom. The summed E-state index contributed by atoms with van der Waals surface area (Å²) < 4.78 is 5.42. The number of nitrogens with one attached hydrogen (secondary N) is 1. The van der Waals surface area contributed by atoms with E-state index in [4.69, 9.17) is 4.74 Å². The standard InChI is InChI=1S/C13H16N4O3/c1-9(2)20-6-5-14-13-11-7-10(17(18)19)3-4-12(11)15-8-16-13/h3-4,7-9H,5-6H2,1-2H3,(H,14,15,16). The summed E-state index contributed by atoms with van der Waals surface area (Å²) in [4.78, 5) is 18.6. The van der Waals surface area contributed by atoms with Crippen LogP contribution in [-0.2, 0) is 4.74 Å². The Bertz CT molecular complexity index is 616. The van der Waals surface area contributed by atoms with Gasteiger partial charge in [0, 0.05) is 24.1 Å². The second-order valence-electron chi connectivity index (χ2n) is 4.53. The fourth-order valence-corrected chi connectivity index (χ4v) is 1.76. The molecule has 1 aromatic heterocycles. The molecule has 0 amide bonds. The van der Waals surface area contributed by atoms with E-state index >= 15 is 0 Å². The van der Waals surface area contributed by atoms with E-state index < -0.39 is 4.92 Å². The van der Waals surface area contributed by atoms with E-state index in [1.165, 1.54) is 18.5 Å². The van der Waals surface area contributed by atoms with Crippen molar-refractivity contribution in [1.82, 2.24) is 9.97 Å². The van der Waals surface area contributed by atoms with Crippen molar-refractivity contribution in [2.24, 2.45) is 0 Å². The van der Waals surface area contributed by atoms with Crippen LogP contribution in [0.25, 0.3) is 10.9 Å². The van der Waals surface area contributed by atoms with Gasteiger partial charge in [0.1, 0.15) is 12.1 Å². The van der Waals surface area contributed by atoms with Crippen LogP contribution in [0.4, 0.5) is 11.5 Å².